The molecule has 7 heteroatoms. The Morgan fingerprint density at radius 3 is 2.56 bits per heavy atom. The maximum Gasteiger partial charge on any atom is 0.303 e. The van der Waals surface area contributed by atoms with Crippen LogP contribution in [0.15, 0.2) is 42.9 Å². The van der Waals surface area contributed by atoms with Gasteiger partial charge in [-0.05, 0) is 19.0 Å². The SMILES string of the molecule is CN1CCN(c2ncc(-c3ccc(CCC(=O)O)cc3)n3ccnc23)CC1. The maximum absolute atomic E-state index is 10.7. The van der Waals surface area contributed by atoms with Crippen molar-refractivity contribution in [1.82, 2.24) is 19.3 Å². The highest BCUT2D eigenvalue weighted by molar-refractivity contribution is 5.71. The third kappa shape index (κ3) is 3.64. The molecule has 1 aliphatic rings. The Morgan fingerprint density at radius 2 is 1.85 bits per heavy atom. The van der Waals surface area contributed by atoms with Crippen LogP contribution in [0.5, 0.6) is 0 Å². The molecule has 0 aliphatic carbocycles. The number of imidazole rings is 1. The van der Waals surface area contributed by atoms with Gasteiger partial charge in [0, 0.05) is 50.6 Å². The van der Waals surface area contributed by atoms with E-state index in [1.54, 1.807) is 6.20 Å². The number of aryl methyl sites for hydroxylation is 1. The van der Waals surface area contributed by atoms with Gasteiger partial charge in [-0.15, -0.1) is 0 Å². The van der Waals surface area contributed by atoms with Crippen LogP contribution in [0.25, 0.3) is 16.9 Å². The minimum Gasteiger partial charge on any atom is -0.481 e. The van der Waals surface area contributed by atoms with Gasteiger partial charge < -0.3 is 14.9 Å². The summed E-state index contributed by atoms with van der Waals surface area (Å²) >= 11 is 0. The lowest BCUT2D eigenvalue weighted by Crippen LogP contribution is -2.45. The first-order chi connectivity index (χ1) is 13.1. The van der Waals surface area contributed by atoms with Crippen molar-refractivity contribution in [3.05, 3.63) is 48.4 Å². The predicted molar refractivity (Wildman–Crippen MR) is 104 cm³/mol. The van der Waals surface area contributed by atoms with Crippen molar-refractivity contribution in [3.8, 4) is 11.3 Å². The molecule has 0 spiro atoms. The lowest BCUT2D eigenvalue weighted by atomic mass is 10.1. The second-order valence-corrected chi connectivity index (χ2v) is 6.97. The van der Waals surface area contributed by atoms with Crippen molar-refractivity contribution >= 4 is 17.4 Å². The van der Waals surface area contributed by atoms with Crippen molar-refractivity contribution in [2.75, 3.05) is 38.1 Å². The molecule has 4 rings (SSSR count). The van der Waals surface area contributed by atoms with Crippen LogP contribution < -0.4 is 4.90 Å². The molecule has 140 valence electrons. The van der Waals surface area contributed by atoms with E-state index < -0.39 is 5.97 Å². The molecule has 0 atom stereocenters. The molecule has 1 N–H and O–H groups in total. The molecule has 0 unspecified atom stereocenters. The van der Waals surface area contributed by atoms with Crippen molar-refractivity contribution in [3.63, 3.8) is 0 Å². The molecule has 7 nitrogen and oxygen atoms in total. The first-order valence-electron chi connectivity index (χ1n) is 9.18. The molecule has 0 saturated carbocycles. The number of hydrogen-bond acceptors (Lipinski definition) is 5. The Bertz CT molecular complexity index is 943. The van der Waals surface area contributed by atoms with Crippen LogP contribution in [0.3, 0.4) is 0 Å². The van der Waals surface area contributed by atoms with Crippen LogP contribution in [-0.4, -0.2) is 63.6 Å². The molecule has 0 radical (unpaired) electrons. The number of carboxylic acids is 1. The fraction of sp³-hybridized carbons (Fsp3) is 0.350. The Labute approximate surface area is 157 Å². The van der Waals surface area contributed by atoms with E-state index in [9.17, 15) is 4.79 Å². The zero-order chi connectivity index (χ0) is 18.8. The summed E-state index contributed by atoms with van der Waals surface area (Å²) in [5, 5.41) is 8.82. The van der Waals surface area contributed by atoms with Crippen LogP contribution in [0.1, 0.15) is 12.0 Å². The van der Waals surface area contributed by atoms with Crippen molar-refractivity contribution in [2.45, 2.75) is 12.8 Å². The van der Waals surface area contributed by atoms with Crippen molar-refractivity contribution in [1.29, 1.82) is 0 Å². The number of hydrogen-bond donors (Lipinski definition) is 1. The highest BCUT2D eigenvalue weighted by Gasteiger charge is 2.19. The van der Waals surface area contributed by atoms with E-state index in [0.29, 0.717) is 6.42 Å². The molecular formula is C20H23N5O2. The Hall–Kier alpha value is -2.93. The Balaban J connectivity index is 1.63. The standard InChI is InChI=1S/C20H23N5O2/c1-23-10-12-24(13-11-23)19-20-21-8-9-25(20)17(14-22-19)16-5-2-15(3-6-16)4-7-18(26)27/h2-3,5-6,8-9,14H,4,7,10-13H2,1H3,(H,26,27). The highest BCUT2D eigenvalue weighted by Crippen LogP contribution is 2.26. The minimum absolute atomic E-state index is 0.145. The van der Waals surface area contributed by atoms with Gasteiger partial charge in [0.2, 0.25) is 0 Å². The fourth-order valence-electron chi connectivity index (χ4n) is 3.45. The van der Waals surface area contributed by atoms with Gasteiger partial charge in [0.25, 0.3) is 0 Å². The van der Waals surface area contributed by atoms with Crippen molar-refractivity contribution < 1.29 is 9.90 Å². The topological polar surface area (TPSA) is 74.0 Å². The first kappa shape index (κ1) is 17.5. The lowest BCUT2D eigenvalue weighted by molar-refractivity contribution is -0.136. The van der Waals surface area contributed by atoms with Crippen molar-refractivity contribution in [2.24, 2.45) is 0 Å². The van der Waals surface area contributed by atoms with Gasteiger partial charge in [0.05, 0.1) is 11.9 Å². The first-order valence-corrected chi connectivity index (χ1v) is 9.18. The second kappa shape index (κ2) is 7.36. The molecular weight excluding hydrogens is 342 g/mol. The molecule has 0 amide bonds. The Kier molecular flexibility index (Phi) is 4.77. The number of rotatable bonds is 5. The van der Waals surface area contributed by atoms with E-state index in [4.69, 9.17) is 10.1 Å². The number of fused-ring (bicyclic) bond motifs is 1. The minimum atomic E-state index is -0.775. The number of aliphatic carboxylic acids is 1. The van der Waals surface area contributed by atoms with E-state index >= 15 is 0 Å². The molecule has 0 bridgehead atoms. The summed E-state index contributed by atoms with van der Waals surface area (Å²) in [7, 11) is 2.14. The smallest absolute Gasteiger partial charge is 0.303 e. The maximum atomic E-state index is 10.7. The number of aromatic nitrogens is 3. The molecule has 27 heavy (non-hydrogen) atoms. The van der Waals surface area contributed by atoms with E-state index in [2.05, 4.69) is 26.2 Å². The number of anilines is 1. The molecule has 3 heterocycles. The van der Waals surface area contributed by atoms with Gasteiger partial charge >= 0.3 is 5.97 Å². The van der Waals surface area contributed by atoms with Gasteiger partial charge in [-0.1, -0.05) is 24.3 Å². The summed E-state index contributed by atoms with van der Waals surface area (Å²) in [5.41, 5.74) is 3.90. The number of piperazine rings is 1. The molecule has 1 aromatic carbocycles. The number of benzene rings is 1. The van der Waals surface area contributed by atoms with Gasteiger partial charge in [0.15, 0.2) is 11.5 Å². The monoisotopic (exact) mass is 365 g/mol. The van der Waals surface area contributed by atoms with Crippen LogP contribution >= 0.6 is 0 Å². The summed E-state index contributed by atoms with van der Waals surface area (Å²) in [5.74, 6) is 0.151. The van der Waals surface area contributed by atoms with Gasteiger partial charge in [0.1, 0.15) is 0 Å². The summed E-state index contributed by atoms with van der Waals surface area (Å²) in [6.45, 7) is 3.94. The van der Waals surface area contributed by atoms with E-state index in [0.717, 1.165) is 54.5 Å². The fourth-order valence-corrected chi connectivity index (χ4v) is 3.45. The van der Waals surface area contributed by atoms with Gasteiger partial charge in [-0.25, -0.2) is 9.97 Å². The molecule has 1 saturated heterocycles. The largest absolute Gasteiger partial charge is 0.481 e. The number of carboxylic acid groups (broad SMARTS) is 1. The van der Waals surface area contributed by atoms with Gasteiger partial charge in [-0.3, -0.25) is 9.20 Å². The summed E-state index contributed by atoms with van der Waals surface area (Å²) in [4.78, 5) is 24.6. The predicted octanol–water partition coefficient (Wildman–Crippen LogP) is 2.17. The summed E-state index contributed by atoms with van der Waals surface area (Å²) in [6.07, 6.45) is 6.35. The second-order valence-electron chi connectivity index (χ2n) is 6.97. The summed E-state index contributed by atoms with van der Waals surface area (Å²) < 4.78 is 2.08. The lowest BCUT2D eigenvalue weighted by Gasteiger charge is -2.33. The third-order valence-corrected chi connectivity index (χ3v) is 5.09. The van der Waals surface area contributed by atoms with E-state index in [1.807, 2.05) is 36.7 Å². The number of likely N-dealkylation sites (N-methyl/N-ethyl adjacent to an activating group) is 1. The van der Waals surface area contributed by atoms with Gasteiger partial charge in [-0.2, -0.15) is 0 Å². The van der Waals surface area contributed by atoms with Crippen LogP contribution in [0, 0.1) is 0 Å². The Morgan fingerprint density at radius 1 is 1.11 bits per heavy atom. The van der Waals surface area contributed by atoms with Crippen LogP contribution in [0.2, 0.25) is 0 Å². The normalized spacial score (nSPS) is 15.4. The van der Waals surface area contributed by atoms with E-state index in [1.165, 1.54) is 0 Å². The number of carbonyl (C=O) groups is 1. The van der Waals surface area contributed by atoms with Crippen LogP contribution in [-0.2, 0) is 11.2 Å². The average molecular weight is 365 g/mol. The van der Waals surface area contributed by atoms with E-state index in [-0.39, 0.29) is 6.42 Å². The zero-order valence-corrected chi connectivity index (χ0v) is 15.4. The van der Waals surface area contributed by atoms with Crippen LogP contribution in [0.4, 0.5) is 5.82 Å². The zero-order valence-electron chi connectivity index (χ0n) is 15.4. The molecule has 1 fully saturated rings. The number of nitrogens with zero attached hydrogens (tertiary/aromatic N) is 5. The quantitative estimate of drug-likeness (QED) is 0.747. The summed E-state index contributed by atoms with van der Waals surface area (Å²) in [6, 6.07) is 8.00. The average Bonchev–Trinajstić information content (AvgIpc) is 3.17. The highest BCUT2D eigenvalue weighted by atomic mass is 16.4. The molecule has 3 aromatic rings. The molecule has 1 aliphatic heterocycles. The third-order valence-electron chi connectivity index (χ3n) is 5.09. The molecule has 2 aromatic heterocycles.